The molecule has 1 saturated carbocycles. The second kappa shape index (κ2) is 9.90. The molecule has 3 heterocycles. The number of alkyl halides is 1. The molecule has 8 heteroatoms. The maximum atomic E-state index is 13.8. The van der Waals surface area contributed by atoms with Crippen LogP contribution in [0.5, 0.6) is 0 Å². The van der Waals surface area contributed by atoms with Crippen molar-refractivity contribution in [1.29, 1.82) is 0 Å². The van der Waals surface area contributed by atoms with Crippen molar-refractivity contribution in [1.82, 2.24) is 9.88 Å². The molecule has 4 N–H and O–H groups in total. The molecule has 0 bridgehead atoms. The van der Waals surface area contributed by atoms with Crippen molar-refractivity contribution >= 4 is 33.2 Å². The van der Waals surface area contributed by atoms with Crippen LogP contribution in [-0.4, -0.2) is 39.6 Å². The second-order valence-corrected chi connectivity index (χ2v) is 11.5. The Morgan fingerprint density at radius 2 is 2.00 bits per heavy atom. The third-order valence-electron chi connectivity index (χ3n) is 7.92. The van der Waals surface area contributed by atoms with Gasteiger partial charge in [0.1, 0.15) is 5.54 Å². The fourth-order valence-corrected chi connectivity index (χ4v) is 6.94. The molecular formula is C27H34FN3O3S. The van der Waals surface area contributed by atoms with Crippen LogP contribution >= 0.6 is 11.3 Å². The molecule has 35 heavy (non-hydrogen) atoms. The molecule has 2 aromatic rings. The van der Waals surface area contributed by atoms with Crippen molar-refractivity contribution in [2.75, 3.05) is 6.67 Å². The first-order valence-corrected chi connectivity index (χ1v) is 13.6. The Morgan fingerprint density at radius 1 is 1.20 bits per heavy atom. The molecule has 2 unspecified atom stereocenters. The number of carbonyl (C=O) groups is 2. The number of amides is 1. The number of fused-ring (bicyclic) bond motifs is 3. The minimum atomic E-state index is -1.36. The Hall–Kier alpha value is -2.45. The van der Waals surface area contributed by atoms with Crippen molar-refractivity contribution in [3.63, 3.8) is 0 Å². The van der Waals surface area contributed by atoms with Crippen LogP contribution in [0.15, 0.2) is 35.6 Å². The predicted molar refractivity (Wildman–Crippen MR) is 137 cm³/mol. The number of nitrogens with one attached hydrogen (secondary N) is 1. The normalized spacial score (nSPS) is 25.3. The summed E-state index contributed by atoms with van der Waals surface area (Å²) in [5, 5.41) is 12.9. The van der Waals surface area contributed by atoms with Gasteiger partial charge < -0.3 is 20.7 Å². The van der Waals surface area contributed by atoms with Gasteiger partial charge in [0.25, 0.3) is 0 Å². The number of nitrogens with zero attached hydrogens (tertiary/aromatic N) is 1. The molecule has 0 radical (unpaired) electrons. The van der Waals surface area contributed by atoms with E-state index in [1.54, 1.807) is 6.08 Å². The predicted octanol–water partition coefficient (Wildman–Crippen LogP) is 5.12. The lowest BCUT2D eigenvalue weighted by molar-refractivity contribution is -0.129. The van der Waals surface area contributed by atoms with E-state index in [9.17, 15) is 19.1 Å². The zero-order valence-corrected chi connectivity index (χ0v) is 20.8. The number of aromatic nitrogens is 1. The minimum Gasteiger partial charge on any atom is -0.512 e. The van der Waals surface area contributed by atoms with Crippen molar-refractivity contribution in [2.45, 2.75) is 82.3 Å². The molecule has 0 saturated heterocycles. The van der Waals surface area contributed by atoms with Gasteiger partial charge >= 0.3 is 0 Å². The quantitative estimate of drug-likeness (QED) is 0.493. The van der Waals surface area contributed by atoms with Crippen LogP contribution in [0.4, 0.5) is 4.39 Å². The van der Waals surface area contributed by atoms with Crippen molar-refractivity contribution in [3.05, 3.63) is 46.2 Å². The third-order valence-corrected chi connectivity index (χ3v) is 9.05. The van der Waals surface area contributed by atoms with Crippen LogP contribution < -0.4 is 11.1 Å². The molecule has 2 aromatic heterocycles. The number of aryl methyl sites for hydroxylation is 1. The Balaban J connectivity index is 1.46. The number of aliphatic hydroxyl groups is 1. The summed E-state index contributed by atoms with van der Waals surface area (Å²) < 4.78 is 15.7. The van der Waals surface area contributed by atoms with Crippen LogP contribution in [0.1, 0.15) is 73.2 Å². The Bertz CT molecular complexity index is 1190. The zero-order chi connectivity index (χ0) is 24.6. The molecule has 2 atom stereocenters. The Morgan fingerprint density at radius 3 is 2.71 bits per heavy atom. The summed E-state index contributed by atoms with van der Waals surface area (Å²) in [7, 11) is 0. The van der Waals surface area contributed by atoms with Gasteiger partial charge in [0, 0.05) is 23.8 Å². The van der Waals surface area contributed by atoms with E-state index in [0.717, 1.165) is 52.8 Å². The van der Waals surface area contributed by atoms with E-state index in [-0.39, 0.29) is 24.3 Å². The number of hydrogen-bond acceptors (Lipinski definition) is 5. The fraction of sp³-hybridized carbons (Fsp3) is 0.556. The first-order chi connectivity index (χ1) is 16.9. The summed E-state index contributed by atoms with van der Waals surface area (Å²) in [5.41, 5.74) is 8.18. The van der Waals surface area contributed by atoms with Crippen molar-refractivity contribution in [3.8, 4) is 0 Å². The first-order valence-electron chi connectivity index (χ1n) is 12.8. The molecule has 1 fully saturated rings. The average molecular weight is 500 g/mol. The summed E-state index contributed by atoms with van der Waals surface area (Å²) in [6, 6.07) is 3.92. The smallest absolute Gasteiger partial charge is 0.242 e. The maximum Gasteiger partial charge on any atom is 0.242 e. The number of carbonyl (C=O) groups excluding carboxylic acids is 2. The van der Waals surface area contributed by atoms with Gasteiger partial charge in [0.15, 0.2) is 5.78 Å². The molecule has 2 aliphatic carbocycles. The van der Waals surface area contributed by atoms with Gasteiger partial charge in [0.05, 0.1) is 40.8 Å². The van der Waals surface area contributed by atoms with Gasteiger partial charge in [-0.25, -0.2) is 0 Å². The Kier molecular flexibility index (Phi) is 6.86. The van der Waals surface area contributed by atoms with Crippen LogP contribution in [0, 0.1) is 5.92 Å². The number of hydrogen-bond donors (Lipinski definition) is 3. The van der Waals surface area contributed by atoms with Gasteiger partial charge in [-0.15, -0.1) is 11.3 Å². The van der Waals surface area contributed by atoms with Crippen LogP contribution in [0.3, 0.4) is 0 Å². The molecular weight excluding hydrogens is 465 g/mol. The number of ketones is 1. The topological polar surface area (TPSA) is 97.4 Å². The SMILES string of the molecule is NC1(C(=O)NC2CCCCC2)Cn2c(cc3sc(CCF)cc32)C(=O)C1CCC1=CC=C(O)CC1. The third kappa shape index (κ3) is 4.70. The number of thiophene rings is 1. The standard InChI is InChI=1S/C27H34FN3O3S/c28-13-12-20-14-22-24(35-20)15-23-25(33)21(11-8-17-6-9-19(32)10-7-17)27(29,16-31(22)23)26(34)30-18-4-2-1-3-5-18/h6,9,14-15,18,21,32H,1-5,7-8,10-13,16,29H2,(H,30,34). The maximum absolute atomic E-state index is 13.8. The number of allylic oxidation sites excluding steroid dienone is 4. The van der Waals surface area contributed by atoms with E-state index >= 15 is 0 Å². The van der Waals surface area contributed by atoms with Gasteiger partial charge in [-0.05, 0) is 50.3 Å². The summed E-state index contributed by atoms with van der Waals surface area (Å²) in [5.74, 6) is -0.603. The number of halogens is 1. The highest BCUT2D eigenvalue weighted by atomic mass is 32.1. The van der Waals surface area contributed by atoms with Crippen molar-refractivity contribution < 1.29 is 19.1 Å². The lowest BCUT2D eigenvalue weighted by Crippen LogP contribution is -2.66. The minimum absolute atomic E-state index is 0.0946. The molecule has 0 spiro atoms. The van der Waals surface area contributed by atoms with Crippen LogP contribution in [0.2, 0.25) is 0 Å². The van der Waals surface area contributed by atoms with Crippen LogP contribution in [-0.2, 0) is 17.8 Å². The lowest BCUT2D eigenvalue weighted by atomic mass is 9.73. The highest BCUT2D eigenvalue weighted by molar-refractivity contribution is 7.19. The molecule has 0 aromatic carbocycles. The van der Waals surface area contributed by atoms with Gasteiger partial charge in [-0.1, -0.05) is 30.9 Å². The van der Waals surface area contributed by atoms with Crippen molar-refractivity contribution in [2.24, 2.45) is 11.7 Å². The molecule has 188 valence electrons. The van der Waals surface area contributed by atoms with Gasteiger partial charge in [0.2, 0.25) is 5.91 Å². The number of Topliss-reactive ketones (excluding diaryl/α,β-unsaturated/α-hetero) is 1. The average Bonchev–Trinajstić information content (AvgIpc) is 3.39. The summed E-state index contributed by atoms with van der Waals surface area (Å²) in [6.07, 6.45) is 11.7. The lowest BCUT2D eigenvalue weighted by Gasteiger charge is -2.41. The number of nitrogens with two attached hydrogens (primary N) is 1. The summed E-state index contributed by atoms with van der Waals surface area (Å²) in [4.78, 5) is 28.5. The van der Waals surface area contributed by atoms with E-state index in [4.69, 9.17) is 5.73 Å². The number of aliphatic hydroxyl groups excluding tert-OH is 1. The fourth-order valence-electron chi connectivity index (χ4n) is 5.86. The van der Waals surface area contributed by atoms with Crippen LogP contribution in [0.25, 0.3) is 10.2 Å². The van der Waals surface area contributed by atoms with E-state index in [1.165, 1.54) is 17.8 Å². The van der Waals surface area contributed by atoms with E-state index in [2.05, 4.69) is 5.32 Å². The first kappa shape index (κ1) is 24.3. The van der Waals surface area contributed by atoms with Gasteiger partial charge in [-0.2, -0.15) is 0 Å². The Labute approximate surface area is 209 Å². The van der Waals surface area contributed by atoms with Gasteiger partial charge in [-0.3, -0.25) is 14.0 Å². The largest absolute Gasteiger partial charge is 0.512 e. The zero-order valence-electron chi connectivity index (χ0n) is 20.0. The van der Waals surface area contributed by atoms with E-state index in [0.29, 0.717) is 37.1 Å². The molecule has 5 rings (SSSR count). The second-order valence-electron chi connectivity index (χ2n) is 10.3. The monoisotopic (exact) mass is 499 g/mol. The molecule has 3 aliphatic rings. The highest BCUT2D eigenvalue weighted by Crippen LogP contribution is 2.39. The molecule has 1 aliphatic heterocycles. The highest BCUT2D eigenvalue weighted by Gasteiger charge is 2.51. The van der Waals surface area contributed by atoms with E-state index < -0.39 is 18.1 Å². The number of rotatable bonds is 7. The van der Waals surface area contributed by atoms with E-state index in [1.807, 2.05) is 22.8 Å². The summed E-state index contributed by atoms with van der Waals surface area (Å²) in [6.45, 7) is -0.198. The molecule has 6 nitrogen and oxygen atoms in total. The summed E-state index contributed by atoms with van der Waals surface area (Å²) >= 11 is 1.50. The molecule has 1 amide bonds.